The summed E-state index contributed by atoms with van der Waals surface area (Å²) in [6.45, 7) is -0.367. The Morgan fingerprint density at radius 1 is 1.15 bits per heavy atom. The molecule has 1 aliphatic rings. The summed E-state index contributed by atoms with van der Waals surface area (Å²) in [7, 11) is 0. The molecule has 3 rings (SSSR count). The molecule has 0 radical (unpaired) electrons. The third kappa shape index (κ3) is 4.48. The summed E-state index contributed by atoms with van der Waals surface area (Å²) >= 11 is 0.627. The number of carboxylic acids is 1. The van der Waals surface area contributed by atoms with Crippen molar-refractivity contribution < 1.29 is 29.3 Å². The van der Waals surface area contributed by atoms with Crippen LogP contribution in [0.4, 0.5) is 4.79 Å². The number of carboxylic acid groups (broad SMARTS) is 1. The maximum absolute atomic E-state index is 12.2. The highest BCUT2D eigenvalue weighted by atomic mass is 32.2. The van der Waals surface area contributed by atoms with Gasteiger partial charge in [-0.05, 0) is 41.6 Å². The maximum atomic E-state index is 12.2. The van der Waals surface area contributed by atoms with Gasteiger partial charge in [-0.15, -0.1) is 0 Å². The number of thioether (sulfide) groups is 1. The van der Waals surface area contributed by atoms with Crippen molar-refractivity contribution in [2.75, 3.05) is 6.54 Å². The second-order valence-corrected chi connectivity index (χ2v) is 6.65. The third-order valence-corrected chi connectivity index (χ3v) is 4.61. The van der Waals surface area contributed by atoms with Crippen LogP contribution in [-0.4, -0.2) is 38.8 Å². The Labute approximate surface area is 158 Å². The number of aromatic hydroxyl groups is 1. The standard InChI is InChI=1S/C19H15NO6S/c21-15-7-6-14(26-11-12-4-2-1-3-5-12)8-13(15)9-16-18(24)20(10-17(22)23)19(25)27-16/h1-9,21H,10-11H2,(H,22,23). The lowest BCUT2D eigenvalue weighted by Crippen LogP contribution is -2.33. The predicted octanol–water partition coefficient (Wildman–Crippen LogP) is 3.09. The first-order chi connectivity index (χ1) is 12.9. The monoisotopic (exact) mass is 385 g/mol. The molecular weight excluding hydrogens is 370 g/mol. The lowest BCUT2D eigenvalue weighted by Gasteiger charge is -2.09. The summed E-state index contributed by atoms with van der Waals surface area (Å²) in [4.78, 5) is 35.5. The van der Waals surface area contributed by atoms with E-state index in [9.17, 15) is 19.5 Å². The molecule has 0 unspecified atom stereocenters. The van der Waals surface area contributed by atoms with Crippen LogP contribution >= 0.6 is 11.8 Å². The fourth-order valence-electron chi connectivity index (χ4n) is 2.39. The van der Waals surface area contributed by atoms with Crippen LogP contribution in [0, 0.1) is 0 Å². The van der Waals surface area contributed by atoms with Crippen molar-refractivity contribution in [1.82, 2.24) is 4.90 Å². The van der Waals surface area contributed by atoms with Gasteiger partial charge in [0.1, 0.15) is 24.7 Å². The second kappa shape index (κ2) is 7.96. The molecule has 2 N–H and O–H groups in total. The summed E-state index contributed by atoms with van der Waals surface area (Å²) in [5.74, 6) is -1.60. The Kier molecular flexibility index (Phi) is 5.46. The first kappa shape index (κ1) is 18.5. The van der Waals surface area contributed by atoms with Gasteiger partial charge in [-0.1, -0.05) is 30.3 Å². The van der Waals surface area contributed by atoms with E-state index in [1.165, 1.54) is 12.1 Å². The molecule has 27 heavy (non-hydrogen) atoms. The van der Waals surface area contributed by atoms with Crippen molar-refractivity contribution in [1.29, 1.82) is 0 Å². The number of benzene rings is 2. The SMILES string of the molecule is O=C(O)CN1C(=O)SC(=Cc2cc(OCc3ccccc3)ccc2O)C1=O. The molecule has 2 amide bonds. The van der Waals surface area contributed by atoms with Crippen LogP contribution in [-0.2, 0) is 16.2 Å². The van der Waals surface area contributed by atoms with Crippen molar-refractivity contribution in [3.63, 3.8) is 0 Å². The quantitative estimate of drug-likeness (QED) is 0.736. The largest absolute Gasteiger partial charge is 0.507 e. The van der Waals surface area contributed by atoms with Gasteiger partial charge < -0.3 is 14.9 Å². The lowest BCUT2D eigenvalue weighted by molar-refractivity contribution is -0.140. The molecule has 2 aromatic rings. The van der Waals surface area contributed by atoms with Gasteiger partial charge in [-0.25, -0.2) is 0 Å². The van der Waals surface area contributed by atoms with E-state index in [-0.39, 0.29) is 10.7 Å². The number of hydrogen-bond acceptors (Lipinski definition) is 6. The van der Waals surface area contributed by atoms with E-state index in [1.54, 1.807) is 12.1 Å². The molecule has 1 saturated heterocycles. The van der Waals surface area contributed by atoms with Crippen molar-refractivity contribution in [3.8, 4) is 11.5 Å². The minimum Gasteiger partial charge on any atom is -0.507 e. The van der Waals surface area contributed by atoms with Gasteiger partial charge in [0.25, 0.3) is 11.1 Å². The average molecular weight is 385 g/mol. The molecule has 0 aromatic heterocycles. The van der Waals surface area contributed by atoms with Crippen LogP contribution in [0.5, 0.6) is 11.5 Å². The van der Waals surface area contributed by atoms with E-state index in [2.05, 4.69) is 0 Å². The molecule has 8 heteroatoms. The molecule has 0 aliphatic carbocycles. The lowest BCUT2D eigenvalue weighted by atomic mass is 10.1. The smallest absolute Gasteiger partial charge is 0.323 e. The number of rotatable bonds is 6. The fraction of sp³-hybridized carbons (Fsp3) is 0.105. The second-order valence-electron chi connectivity index (χ2n) is 5.66. The van der Waals surface area contributed by atoms with E-state index < -0.39 is 23.7 Å². The van der Waals surface area contributed by atoms with Crippen LogP contribution < -0.4 is 4.74 Å². The van der Waals surface area contributed by atoms with Crippen molar-refractivity contribution in [2.45, 2.75) is 6.61 Å². The van der Waals surface area contributed by atoms with Gasteiger partial charge >= 0.3 is 5.97 Å². The number of phenolic OH excluding ortho intramolecular Hbond substituents is 1. The first-order valence-electron chi connectivity index (χ1n) is 7.91. The number of carbonyl (C=O) groups excluding carboxylic acids is 2. The summed E-state index contributed by atoms with van der Waals surface area (Å²) in [6.07, 6.45) is 1.34. The van der Waals surface area contributed by atoms with Gasteiger partial charge in [0.05, 0.1) is 4.91 Å². The van der Waals surface area contributed by atoms with Gasteiger partial charge in [0.2, 0.25) is 0 Å². The molecule has 1 aliphatic heterocycles. The van der Waals surface area contributed by atoms with Crippen LogP contribution in [0.1, 0.15) is 11.1 Å². The number of ether oxygens (including phenoxy) is 1. The molecule has 1 fully saturated rings. The normalized spacial score (nSPS) is 15.4. The number of carbonyl (C=O) groups is 3. The minimum absolute atomic E-state index is 0.0387. The highest BCUT2D eigenvalue weighted by molar-refractivity contribution is 8.18. The maximum Gasteiger partial charge on any atom is 0.323 e. The van der Waals surface area contributed by atoms with Gasteiger partial charge in [0.15, 0.2) is 0 Å². The zero-order valence-electron chi connectivity index (χ0n) is 14.0. The van der Waals surface area contributed by atoms with Gasteiger partial charge in [0, 0.05) is 5.56 Å². The Hall–Kier alpha value is -3.26. The van der Waals surface area contributed by atoms with Crippen LogP contribution in [0.2, 0.25) is 0 Å². The van der Waals surface area contributed by atoms with Crippen LogP contribution in [0.25, 0.3) is 6.08 Å². The first-order valence-corrected chi connectivity index (χ1v) is 8.72. The number of aliphatic carboxylic acids is 1. The Balaban J connectivity index is 1.78. The molecule has 7 nitrogen and oxygen atoms in total. The molecule has 2 aromatic carbocycles. The molecule has 0 bridgehead atoms. The number of phenols is 1. The molecule has 138 valence electrons. The van der Waals surface area contributed by atoms with Gasteiger partial charge in [-0.3, -0.25) is 19.3 Å². The van der Waals surface area contributed by atoms with Crippen molar-refractivity contribution >= 4 is 35.0 Å². The fourth-order valence-corrected chi connectivity index (χ4v) is 3.22. The summed E-state index contributed by atoms with van der Waals surface area (Å²) in [6, 6.07) is 14.1. The average Bonchev–Trinajstić information content (AvgIpc) is 2.90. The van der Waals surface area contributed by atoms with E-state index in [0.29, 0.717) is 34.6 Å². The third-order valence-electron chi connectivity index (χ3n) is 3.70. The van der Waals surface area contributed by atoms with E-state index in [1.807, 2.05) is 30.3 Å². The molecule has 0 atom stereocenters. The molecular formula is C19H15NO6S. The van der Waals surface area contributed by atoms with Crippen molar-refractivity contribution in [3.05, 3.63) is 64.6 Å². The summed E-state index contributed by atoms with van der Waals surface area (Å²) in [5, 5.41) is 18.2. The predicted molar refractivity (Wildman–Crippen MR) is 99.2 cm³/mol. The van der Waals surface area contributed by atoms with E-state index >= 15 is 0 Å². The molecule has 0 spiro atoms. The topological polar surface area (TPSA) is 104 Å². The highest BCUT2D eigenvalue weighted by Gasteiger charge is 2.36. The van der Waals surface area contributed by atoms with Crippen LogP contribution in [0.3, 0.4) is 0 Å². The number of nitrogens with zero attached hydrogens (tertiary/aromatic N) is 1. The van der Waals surface area contributed by atoms with E-state index in [4.69, 9.17) is 9.84 Å². The number of imide groups is 1. The highest BCUT2D eigenvalue weighted by Crippen LogP contribution is 2.34. The molecule has 1 heterocycles. The summed E-state index contributed by atoms with van der Waals surface area (Å²) < 4.78 is 5.69. The van der Waals surface area contributed by atoms with Crippen molar-refractivity contribution in [2.24, 2.45) is 0 Å². The summed E-state index contributed by atoms with van der Waals surface area (Å²) in [5.41, 5.74) is 1.27. The number of hydrogen-bond donors (Lipinski definition) is 2. The Bertz CT molecular complexity index is 925. The zero-order valence-corrected chi connectivity index (χ0v) is 14.8. The van der Waals surface area contributed by atoms with Gasteiger partial charge in [-0.2, -0.15) is 0 Å². The zero-order chi connectivity index (χ0) is 19.4. The molecule has 0 saturated carbocycles. The van der Waals surface area contributed by atoms with E-state index in [0.717, 1.165) is 5.56 Å². The number of amides is 2. The Morgan fingerprint density at radius 3 is 2.59 bits per heavy atom. The minimum atomic E-state index is -1.28. The van der Waals surface area contributed by atoms with Crippen LogP contribution in [0.15, 0.2) is 53.4 Å². The Morgan fingerprint density at radius 2 is 1.89 bits per heavy atom.